The van der Waals surface area contributed by atoms with Crippen LogP contribution in [0.5, 0.6) is 0 Å². The van der Waals surface area contributed by atoms with Crippen LogP contribution in [0.15, 0.2) is 35.5 Å². The van der Waals surface area contributed by atoms with Crippen LogP contribution in [-0.4, -0.2) is 79.6 Å². The van der Waals surface area contributed by atoms with Gasteiger partial charge in [0, 0.05) is 76.0 Å². The largest absolute Gasteiger partial charge is 0.361 e. The number of para-hydroxylation sites is 1. The Labute approximate surface area is 172 Å². The van der Waals surface area contributed by atoms with Crippen molar-refractivity contribution in [2.75, 3.05) is 52.9 Å². The van der Waals surface area contributed by atoms with Crippen LogP contribution < -0.4 is 10.6 Å². The lowest BCUT2D eigenvalue weighted by atomic mass is 10.1. The molecule has 3 fully saturated rings. The van der Waals surface area contributed by atoms with E-state index in [1.165, 1.54) is 49.2 Å². The number of guanidine groups is 1. The fourth-order valence-electron chi connectivity index (χ4n) is 4.01. The van der Waals surface area contributed by atoms with Gasteiger partial charge in [0.25, 0.3) is 0 Å². The molecule has 26 heavy (non-hydrogen) atoms. The number of hydrogen-bond acceptors (Lipinski definition) is 3. The van der Waals surface area contributed by atoms with Crippen LogP contribution in [0.3, 0.4) is 0 Å². The fourth-order valence-corrected chi connectivity index (χ4v) is 4.01. The molecule has 142 valence electrons. The van der Waals surface area contributed by atoms with Crippen LogP contribution in [0.25, 0.3) is 10.9 Å². The van der Waals surface area contributed by atoms with Gasteiger partial charge in [-0.25, -0.2) is 0 Å². The fraction of sp³-hybridized carbons (Fsp3) is 0.526. The predicted molar refractivity (Wildman–Crippen MR) is 119 cm³/mol. The van der Waals surface area contributed by atoms with E-state index in [-0.39, 0.29) is 24.0 Å². The normalized spacial score (nSPS) is 25.1. The van der Waals surface area contributed by atoms with E-state index in [2.05, 4.69) is 60.9 Å². The summed E-state index contributed by atoms with van der Waals surface area (Å²) in [4.78, 5) is 12.9. The second kappa shape index (κ2) is 9.05. The van der Waals surface area contributed by atoms with E-state index in [9.17, 15) is 0 Å². The van der Waals surface area contributed by atoms with Crippen LogP contribution in [-0.2, 0) is 6.42 Å². The van der Waals surface area contributed by atoms with E-state index in [0.717, 1.165) is 25.5 Å². The Balaban J connectivity index is 0.00000196. The molecule has 3 aliphatic rings. The Morgan fingerprint density at radius 3 is 2.73 bits per heavy atom. The van der Waals surface area contributed by atoms with Gasteiger partial charge < -0.3 is 15.6 Å². The van der Waals surface area contributed by atoms with Gasteiger partial charge in [0.2, 0.25) is 0 Å². The molecule has 3 N–H and O–H groups in total. The number of aliphatic imine (C=N–C) groups is 1. The minimum absolute atomic E-state index is 0. The summed E-state index contributed by atoms with van der Waals surface area (Å²) in [5, 5.41) is 8.27. The third-order valence-corrected chi connectivity index (χ3v) is 5.48. The lowest BCUT2D eigenvalue weighted by molar-refractivity contribution is 0.0154. The van der Waals surface area contributed by atoms with Crippen molar-refractivity contribution in [2.24, 2.45) is 4.99 Å². The zero-order valence-electron chi connectivity index (χ0n) is 15.4. The molecular formula is C19H29IN6. The maximum atomic E-state index is 4.37. The summed E-state index contributed by atoms with van der Waals surface area (Å²) >= 11 is 0. The number of aromatic nitrogens is 1. The third-order valence-electron chi connectivity index (χ3n) is 5.48. The summed E-state index contributed by atoms with van der Waals surface area (Å²) < 4.78 is 0. The quantitative estimate of drug-likeness (QED) is 0.354. The average Bonchev–Trinajstić information content (AvgIpc) is 3.09. The van der Waals surface area contributed by atoms with Gasteiger partial charge in [-0.1, -0.05) is 18.2 Å². The molecule has 1 atom stereocenters. The maximum absolute atomic E-state index is 4.37. The lowest BCUT2D eigenvalue weighted by Crippen LogP contribution is -2.63. The molecule has 5 rings (SSSR count). The van der Waals surface area contributed by atoms with E-state index in [1.807, 2.05) is 7.05 Å². The molecule has 0 spiro atoms. The first-order valence-corrected chi connectivity index (χ1v) is 9.29. The summed E-state index contributed by atoms with van der Waals surface area (Å²) in [6.07, 6.45) is 3.09. The molecule has 2 bridgehead atoms. The maximum Gasteiger partial charge on any atom is 0.191 e. The predicted octanol–water partition coefficient (Wildman–Crippen LogP) is 1.49. The van der Waals surface area contributed by atoms with E-state index in [4.69, 9.17) is 0 Å². The Hall–Kier alpha value is -1.32. The van der Waals surface area contributed by atoms with Gasteiger partial charge >= 0.3 is 0 Å². The third kappa shape index (κ3) is 4.32. The average molecular weight is 468 g/mol. The van der Waals surface area contributed by atoms with Gasteiger partial charge in [0.05, 0.1) is 0 Å². The van der Waals surface area contributed by atoms with Crippen LogP contribution in [0.4, 0.5) is 0 Å². The monoisotopic (exact) mass is 468 g/mol. The summed E-state index contributed by atoms with van der Waals surface area (Å²) in [6.45, 7) is 7.89. The first kappa shape index (κ1) is 19.4. The van der Waals surface area contributed by atoms with Crippen molar-refractivity contribution in [1.82, 2.24) is 25.4 Å². The minimum Gasteiger partial charge on any atom is -0.361 e. The minimum atomic E-state index is 0. The van der Waals surface area contributed by atoms with Gasteiger partial charge in [-0.3, -0.25) is 14.8 Å². The van der Waals surface area contributed by atoms with Crippen molar-refractivity contribution < 1.29 is 0 Å². The van der Waals surface area contributed by atoms with Gasteiger partial charge in [-0.15, -0.1) is 24.0 Å². The van der Waals surface area contributed by atoms with Gasteiger partial charge in [-0.05, 0) is 18.1 Å². The summed E-state index contributed by atoms with van der Waals surface area (Å²) in [6, 6.07) is 9.06. The standard InChI is InChI=1S/C19H28N6.HI/c1-20-19(23-13-16-14-24-8-10-25(16)11-9-24)21-7-6-15-12-22-18-5-3-2-4-17(15)18;/h2-5,12,16,22H,6-11,13-14H2,1H3,(H2,20,21,23);1H. The molecule has 7 heteroatoms. The smallest absolute Gasteiger partial charge is 0.191 e. The number of nitrogens with zero attached hydrogens (tertiary/aromatic N) is 3. The summed E-state index contributed by atoms with van der Waals surface area (Å²) in [5.74, 6) is 0.900. The highest BCUT2D eigenvalue weighted by atomic mass is 127. The first-order chi connectivity index (χ1) is 12.3. The molecule has 6 nitrogen and oxygen atoms in total. The van der Waals surface area contributed by atoms with Gasteiger partial charge in [0.15, 0.2) is 5.96 Å². The summed E-state index contributed by atoms with van der Waals surface area (Å²) in [5.41, 5.74) is 2.55. The number of piperazine rings is 3. The molecule has 0 saturated carbocycles. The topological polar surface area (TPSA) is 58.7 Å². The second-order valence-corrected chi connectivity index (χ2v) is 6.98. The number of hydrogen-bond donors (Lipinski definition) is 3. The number of nitrogens with one attached hydrogen (secondary N) is 3. The van der Waals surface area contributed by atoms with Crippen molar-refractivity contribution in [1.29, 1.82) is 0 Å². The number of aromatic amines is 1. The second-order valence-electron chi connectivity index (χ2n) is 6.98. The van der Waals surface area contributed by atoms with Crippen molar-refractivity contribution in [2.45, 2.75) is 12.5 Å². The molecule has 4 heterocycles. The van der Waals surface area contributed by atoms with Crippen molar-refractivity contribution in [3.63, 3.8) is 0 Å². The molecule has 0 amide bonds. The number of benzene rings is 1. The Bertz CT molecular complexity index is 734. The Kier molecular flexibility index (Phi) is 6.77. The molecule has 1 aromatic heterocycles. The lowest BCUT2D eigenvalue weighted by Gasteiger charge is -2.47. The molecular weight excluding hydrogens is 439 g/mol. The van der Waals surface area contributed by atoms with E-state index < -0.39 is 0 Å². The SMILES string of the molecule is CN=C(NCCc1c[nH]c2ccccc12)NCC1CN2CCN1CC2.I. The molecule has 0 radical (unpaired) electrons. The van der Waals surface area contributed by atoms with E-state index >= 15 is 0 Å². The molecule has 3 aliphatic heterocycles. The molecule has 2 aromatic rings. The van der Waals surface area contributed by atoms with Crippen LogP contribution in [0, 0.1) is 0 Å². The molecule has 1 aromatic carbocycles. The number of fused-ring (bicyclic) bond motifs is 4. The van der Waals surface area contributed by atoms with Crippen molar-refractivity contribution in [3.8, 4) is 0 Å². The van der Waals surface area contributed by atoms with Crippen LogP contribution in [0.1, 0.15) is 5.56 Å². The highest BCUT2D eigenvalue weighted by Gasteiger charge is 2.31. The van der Waals surface area contributed by atoms with Gasteiger partial charge in [0.1, 0.15) is 0 Å². The Morgan fingerprint density at radius 1 is 1.19 bits per heavy atom. The molecule has 0 aliphatic carbocycles. The highest BCUT2D eigenvalue weighted by Crippen LogP contribution is 2.17. The number of halogens is 1. The first-order valence-electron chi connectivity index (χ1n) is 9.29. The highest BCUT2D eigenvalue weighted by molar-refractivity contribution is 14.0. The molecule has 1 unspecified atom stereocenters. The van der Waals surface area contributed by atoms with Crippen molar-refractivity contribution >= 4 is 40.8 Å². The summed E-state index contributed by atoms with van der Waals surface area (Å²) in [7, 11) is 1.85. The van der Waals surface area contributed by atoms with E-state index in [0.29, 0.717) is 6.04 Å². The molecule has 3 saturated heterocycles. The van der Waals surface area contributed by atoms with E-state index in [1.54, 1.807) is 0 Å². The van der Waals surface area contributed by atoms with Gasteiger partial charge in [-0.2, -0.15) is 0 Å². The Morgan fingerprint density at radius 2 is 2.00 bits per heavy atom. The zero-order valence-corrected chi connectivity index (χ0v) is 17.7. The van der Waals surface area contributed by atoms with Crippen LogP contribution in [0.2, 0.25) is 0 Å². The zero-order chi connectivity index (χ0) is 17.1. The number of rotatable bonds is 5. The number of H-pyrrole nitrogens is 1. The van der Waals surface area contributed by atoms with Crippen LogP contribution >= 0.6 is 24.0 Å². The van der Waals surface area contributed by atoms with Crippen molar-refractivity contribution in [3.05, 3.63) is 36.0 Å².